The molecule has 0 amide bonds. The van der Waals surface area contributed by atoms with Gasteiger partial charge < -0.3 is 10.3 Å². The molecule has 13 heavy (non-hydrogen) atoms. The zero-order valence-electron chi connectivity index (χ0n) is 7.61. The van der Waals surface area contributed by atoms with Crippen LogP contribution in [-0.2, 0) is 0 Å². The lowest BCUT2D eigenvalue weighted by Gasteiger charge is -2.17. The van der Waals surface area contributed by atoms with E-state index in [1.807, 2.05) is 0 Å². The van der Waals surface area contributed by atoms with Gasteiger partial charge in [-0.15, -0.1) is 0 Å². The van der Waals surface area contributed by atoms with E-state index in [9.17, 15) is 8.78 Å². The molecule has 1 aromatic rings. The fourth-order valence-corrected chi connectivity index (χ4v) is 1.13. The first kappa shape index (κ1) is 10.1. The zero-order chi connectivity index (χ0) is 10.0. The van der Waals surface area contributed by atoms with E-state index in [1.165, 1.54) is 24.0 Å². The van der Waals surface area contributed by atoms with Gasteiger partial charge in [-0.3, -0.25) is 0 Å². The minimum atomic E-state index is -2.40. The van der Waals surface area contributed by atoms with Crippen LogP contribution < -0.4 is 5.73 Å². The third-order valence-electron chi connectivity index (χ3n) is 1.97. The number of aromatic nitrogens is 2. The smallest absolute Gasteiger partial charge is 0.258 e. The van der Waals surface area contributed by atoms with E-state index >= 15 is 0 Å². The zero-order valence-corrected chi connectivity index (χ0v) is 7.61. The van der Waals surface area contributed by atoms with E-state index in [0.29, 0.717) is 5.69 Å². The topological polar surface area (TPSA) is 43.8 Å². The Morgan fingerprint density at radius 2 is 2.08 bits per heavy atom. The molecule has 2 unspecified atom stereocenters. The maximum absolute atomic E-state index is 12.3. The molecule has 0 fully saturated rings. The average Bonchev–Trinajstić information content (AvgIpc) is 2.50. The van der Waals surface area contributed by atoms with Crippen LogP contribution in [0.3, 0.4) is 0 Å². The van der Waals surface area contributed by atoms with Crippen LogP contribution in [0, 0.1) is 0 Å². The maximum atomic E-state index is 12.3. The first-order valence-electron chi connectivity index (χ1n) is 4.09. The molecule has 2 N–H and O–H groups in total. The third kappa shape index (κ3) is 2.03. The molecule has 0 aliphatic heterocycles. The predicted molar refractivity (Wildman–Crippen MR) is 45.5 cm³/mol. The highest BCUT2D eigenvalue weighted by Gasteiger charge is 2.19. The average molecular weight is 189 g/mol. The summed E-state index contributed by atoms with van der Waals surface area (Å²) in [5.41, 5.74) is 6.22. The molecule has 0 aliphatic rings. The molecule has 1 rings (SSSR count). The van der Waals surface area contributed by atoms with Crippen molar-refractivity contribution in [3.63, 3.8) is 0 Å². The van der Waals surface area contributed by atoms with E-state index in [0.717, 1.165) is 0 Å². The van der Waals surface area contributed by atoms with Gasteiger partial charge in [0.05, 0.1) is 18.1 Å². The van der Waals surface area contributed by atoms with Crippen molar-refractivity contribution in [2.75, 3.05) is 0 Å². The SMILES string of the molecule is CC(N)c1cncn1C(C)C(F)F. The van der Waals surface area contributed by atoms with Crippen LogP contribution in [0.5, 0.6) is 0 Å². The number of hydrogen-bond donors (Lipinski definition) is 1. The second kappa shape index (κ2) is 3.83. The molecule has 0 saturated heterocycles. The van der Waals surface area contributed by atoms with Crippen molar-refractivity contribution in [3.8, 4) is 0 Å². The van der Waals surface area contributed by atoms with Gasteiger partial charge in [0.25, 0.3) is 6.43 Å². The van der Waals surface area contributed by atoms with Gasteiger partial charge in [-0.25, -0.2) is 13.8 Å². The van der Waals surface area contributed by atoms with Crippen LogP contribution in [0.4, 0.5) is 8.78 Å². The van der Waals surface area contributed by atoms with Crippen LogP contribution in [0.15, 0.2) is 12.5 Å². The van der Waals surface area contributed by atoms with Gasteiger partial charge in [-0.2, -0.15) is 0 Å². The molecule has 0 bridgehead atoms. The van der Waals surface area contributed by atoms with E-state index in [4.69, 9.17) is 5.73 Å². The summed E-state index contributed by atoms with van der Waals surface area (Å²) in [4.78, 5) is 3.80. The van der Waals surface area contributed by atoms with Gasteiger partial charge in [-0.05, 0) is 13.8 Å². The number of imidazole rings is 1. The highest BCUT2D eigenvalue weighted by atomic mass is 19.3. The van der Waals surface area contributed by atoms with E-state index in [2.05, 4.69) is 4.98 Å². The third-order valence-corrected chi connectivity index (χ3v) is 1.97. The fraction of sp³-hybridized carbons (Fsp3) is 0.625. The van der Waals surface area contributed by atoms with Crippen molar-refractivity contribution < 1.29 is 8.78 Å². The van der Waals surface area contributed by atoms with E-state index in [1.54, 1.807) is 6.92 Å². The van der Waals surface area contributed by atoms with Gasteiger partial charge in [0.15, 0.2) is 0 Å². The van der Waals surface area contributed by atoms with E-state index < -0.39 is 12.5 Å². The predicted octanol–water partition coefficient (Wildman–Crippen LogP) is 1.73. The fourth-order valence-electron chi connectivity index (χ4n) is 1.13. The lowest BCUT2D eigenvalue weighted by Crippen LogP contribution is -2.19. The summed E-state index contributed by atoms with van der Waals surface area (Å²) < 4.78 is 26.1. The summed E-state index contributed by atoms with van der Waals surface area (Å²) in [6.07, 6.45) is 0.505. The number of hydrogen-bond acceptors (Lipinski definition) is 2. The minimum Gasteiger partial charge on any atom is -0.325 e. The summed E-state index contributed by atoms with van der Waals surface area (Å²) in [5.74, 6) is 0. The largest absolute Gasteiger partial charge is 0.325 e. The Hall–Kier alpha value is -0.970. The Balaban J connectivity index is 2.93. The van der Waals surface area contributed by atoms with Crippen LogP contribution in [-0.4, -0.2) is 16.0 Å². The highest BCUT2D eigenvalue weighted by molar-refractivity contribution is 5.04. The molecule has 2 atom stereocenters. The van der Waals surface area contributed by atoms with Crippen molar-refractivity contribution in [1.29, 1.82) is 0 Å². The molecule has 0 aromatic carbocycles. The molecule has 1 aromatic heterocycles. The monoisotopic (exact) mass is 189 g/mol. The number of nitrogens with zero attached hydrogens (tertiary/aromatic N) is 2. The Morgan fingerprint density at radius 1 is 1.46 bits per heavy atom. The Bertz CT molecular complexity index is 270. The van der Waals surface area contributed by atoms with Crippen LogP contribution in [0.25, 0.3) is 0 Å². The Morgan fingerprint density at radius 3 is 2.54 bits per heavy atom. The van der Waals surface area contributed by atoms with Crippen LogP contribution in [0.2, 0.25) is 0 Å². The van der Waals surface area contributed by atoms with Gasteiger partial charge >= 0.3 is 0 Å². The Kier molecular flexibility index (Phi) is 2.98. The normalized spacial score (nSPS) is 16.2. The van der Waals surface area contributed by atoms with Gasteiger partial charge in [0.2, 0.25) is 0 Å². The summed E-state index contributed by atoms with van der Waals surface area (Å²) in [6.45, 7) is 3.18. The highest BCUT2D eigenvalue weighted by Crippen LogP contribution is 2.20. The second-order valence-electron chi connectivity index (χ2n) is 3.09. The first-order chi connectivity index (χ1) is 6.04. The molecular formula is C8H13F2N3. The summed E-state index contributed by atoms with van der Waals surface area (Å²) in [7, 11) is 0. The maximum Gasteiger partial charge on any atom is 0.258 e. The lowest BCUT2D eigenvalue weighted by atomic mass is 10.2. The number of halogens is 2. The molecule has 1 heterocycles. The molecule has 74 valence electrons. The van der Waals surface area contributed by atoms with Crippen LogP contribution in [0.1, 0.15) is 31.6 Å². The quantitative estimate of drug-likeness (QED) is 0.786. The molecule has 0 aliphatic carbocycles. The molecule has 3 nitrogen and oxygen atoms in total. The minimum absolute atomic E-state index is 0.274. The Labute approximate surface area is 75.6 Å². The molecule has 0 spiro atoms. The van der Waals surface area contributed by atoms with Gasteiger partial charge in [0, 0.05) is 12.2 Å². The van der Waals surface area contributed by atoms with Crippen molar-refractivity contribution in [1.82, 2.24) is 9.55 Å². The van der Waals surface area contributed by atoms with Crippen molar-refractivity contribution in [2.45, 2.75) is 32.4 Å². The molecular weight excluding hydrogens is 176 g/mol. The lowest BCUT2D eigenvalue weighted by molar-refractivity contribution is 0.0897. The second-order valence-corrected chi connectivity index (χ2v) is 3.09. The summed E-state index contributed by atoms with van der Waals surface area (Å²) in [6, 6.07) is -1.15. The molecule has 0 radical (unpaired) electrons. The molecule has 0 saturated carbocycles. The molecule has 5 heteroatoms. The van der Waals surface area contributed by atoms with Gasteiger partial charge in [-0.1, -0.05) is 0 Å². The summed E-state index contributed by atoms with van der Waals surface area (Å²) >= 11 is 0. The van der Waals surface area contributed by atoms with Gasteiger partial charge in [0.1, 0.15) is 0 Å². The number of alkyl halides is 2. The number of nitrogens with two attached hydrogens (primary N) is 1. The van der Waals surface area contributed by atoms with Crippen molar-refractivity contribution in [3.05, 3.63) is 18.2 Å². The standard InChI is InChI=1S/C8H13F2N3/c1-5(11)7-3-12-4-13(7)6(2)8(9)10/h3-6,8H,11H2,1-2H3. The van der Waals surface area contributed by atoms with E-state index in [-0.39, 0.29) is 6.04 Å². The van der Waals surface area contributed by atoms with Crippen LogP contribution >= 0.6 is 0 Å². The first-order valence-corrected chi connectivity index (χ1v) is 4.09. The van der Waals surface area contributed by atoms with Crippen molar-refractivity contribution >= 4 is 0 Å². The van der Waals surface area contributed by atoms with Crippen molar-refractivity contribution in [2.24, 2.45) is 5.73 Å². The summed E-state index contributed by atoms with van der Waals surface area (Å²) in [5, 5.41) is 0. The number of rotatable bonds is 3.